The Hall–Kier alpha value is -2.95. The van der Waals surface area contributed by atoms with E-state index >= 15 is 0 Å². The van der Waals surface area contributed by atoms with Gasteiger partial charge in [0.15, 0.2) is 0 Å². The Labute approximate surface area is 192 Å². The number of piperidine rings is 1. The van der Waals surface area contributed by atoms with Crippen LogP contribution in [0.4, 0.5) is 13.2 Å². The number of benzene rings is 2. The highest BCUT2D eigenvalue weighted by Crippen LogP contribution is 2.34. The van der Waals surface area contributed by atoms with Gasteiger partial charge >= 0.3 is 12.1 Å². The number of amides is 1. The van der Waals surface area contributed by atoms with E-state index in [0.29, 0.717) is 5.56 Å². The van der Waals surface area contributed by atoms with Gasteiger partial charge in [0.1, 0.15) is 0 Å². The van der Waals surface area contributed by atoms with Gasteiger partial charge in [-0.2, -0.15) is 13.2 Å². The second-order valence-electron chi connectivity index (χ2n) is 7.64. The van der Waals surface area contributed by atoms with Crippen LogP contribution < -0.4 is 5.48 Å². The fourth-order valence-corrected chi connectivity index (χ4v) is 4.63. The second-order valence-corrected chi connectivity index (χ2v) is 8.73. The van der Waals surface area contributed by atoms with E-state index < -0.39 is 18.1 Å². The third kappa shape index (κ3) is 6.77. The minimum atomic E-state index is -5.08. The van der Waals surface area contributed by atoms with Crippen molar-refractivity contribution in [3.63, 3.8) is 0 Å². The fourth-order valence-electron chi connectivity index (χ4n) is 3.59. The Morgan fingerprint density at radius 2 is 1.73 bits per heavy atom. The third-order valence-corrected chi connectivity index (χ3v) is 6.35. The number of nitrogens with one attached hydrogen (secondary N) is 1. The Bertz CT molecular complexity index is 1120. The lowest BCUT2D eigenvalue weighted by Crippen LogP contribution is -2.29. The summed E-state index contributed by atoms with van der Waals surface area (Å²) in [5.41, 5.74) is 4.72. The zero-order valence-corrected chi connectivity index (χ0v) is 18.4. The lowest BCUT2D eigenvalue weighted by molar-refractivity contribution is -0.192. The zero-order chi connectivity index (χ0) is 24.0. The first-order valence-corrected chi connectivity index (χ1v) is 11.1. The van der Waals surface area contributed by atoms with Gasteiger partial charge < -0.3 is 5.11 Å². The molecule has 0 spiro atoms. The number of alkyl halides is 3. The summed E-state index contributed by atoms with van der Waals surface area (Å²) in [5, 5.41) is 17.0. The number of carboxylic acids is 1. The van der Waals surface area contributed by atoms with Crippen molar-refractivity contribution in [3.05, 3.63) is 59.7 Å². The Morgan fingerprint density at radius 1 is 1.03 bits per heavy atom. The first kappa shape index (κ1) is 24.7. The molecule has 4 rings (SSSR count). The molecule has 0 saturated carbocycles. The summed E-state index contributed by atoms with van der Waals surface area (Å²) in [7, 11) is 0. The number of hydrogen-bond donors (Lipinski definition) is 3. The van der Waals surface area contributed by atoms with Crippen molar-refractivity contribution in [2.45, 2.75) is 32.0 Å². The number of nitrogens with zero attached hydrogens (tertiary/aromatic N) is 1. The molecule has 1 aliphatic rings. The van der Waals surface area contributed by atoms with Crippen molar-refractivity contribution in [1.82, 2.24) is 10.4 Å². The highest BCUT2D eigenvalue weighted by Gasteiger charge is 2.38. The van der Waals surface area contributed by atoms with Gasteiger partial charge in [0, 0.05) is 21.7 Å². The van der Waals surface area contributed by atoms with Gasteiger partial charge in [-0.05, 0) is 72.8 Å². The maximum absolute atomic E-state index is 11.6. The molecule has 33 heavy (non-hydrogen) atoms. The number of carboxylic acid groups (broad SMARTS) is 1. The molecule has 0 atom stereocenters. The van der Waals surface area contributed by atoms with E-state index in [1.165, 1.54) is 48.4 Å². The van der Waals surface area contributed by atoms with E-state index in [0.717, 1.165) is 16.6 Å². The normalized spacial score (nSPS) is 14.4. The van der Waals surface area contributed by atoms with Crippen LogP contribution in [0.3, 0.4) is 0 Å². The van der Waals surface area contributed by atoms with Crippen molar-refractivity contribution >= 4 is 33.3 Å². The van der Waals surface area contributed by atoms with Gasteiger partial charge in [-0.1, -0.05) is 24.6 Å². The summed E-state index contributed by atoms with van der Waals surface area (Å²) in [6.07, 6.45) is -1.12. The molecule has 2 aromatic carbocycles. The van der Waals surface area contributed by atoms with Gasteiger partial charge in [0.05, 0.1) is 0 Å². The molecule has 1 aliphatic heterocycles. The van der Waals surface area contributed by atoms with E-state index in [2.05, 4.69) is 35.2 Å². The fraction of sp³-hybridized carbons (Fsp3) is 0.304. The van der Waals surface area contributed by atoms with Crippen LogP contribution in [0.25, 0.3) is 20.5 Å². The van der Waals surface area contributed by atoms with Crippen LogP contribution in [-0.4, -0.2) is 46.4 Å². The molecule has 6 nitrogen and oxygen atoms in total. The highest BCUT2D eigenvalue weighted by molar-refractivity contribution is 7.22. The Balaban J connectivity index is 0.000000383. The molecule has 1 aromatic heterocycles. The quantitative estimate of drug-likeness (QED) is 0.348. The predicted octanol–water partition coefficient (Wildman–Crippen LogP) is 5.31. The molecule has 1 fully saturated rings. The van der Waals surface area contributed by atoms with Crippen LogP contribution >= 0.6 is 11.3 Å². The van der Waals surface area contributed by atoms with Crippen LogP contribution in [0.2, 0.25) is 0 Å². The maximum Gasteiger partial charge on any atom is 0.490 e. The maximum atomic E-state index is 11.6. The van der Waals surface area contributed by atoms with Crippen molar-refractivity contribution in [3.8, 4) is 10.4 Å². The average Bonchev–Trinajstić information content (AvgIpc) is 3.23. The average molecular weight is 481 g/mol. The number of likely N-dealkylation sites (tertiary alicyclic amines) is 1. The number of carbonyl (C=O) groups is 2. The van der Waals surface area contributed by atoms with Crippen molar-refractivity contribution in [2.24, 2.45) is 0 Å². The van der Waals surface area contributed by atoms with E-state index in [4.69, 9.17) is 15.1 Å². The summed E-state index contributed by atoms with van der Waals surface area (Å²) >= 11 is 1.73. The summed E-state index contributed by atoms with van der Waals surface area (Å²) < 4.78 is 32.9. The summed E-state index contributed by atoms with van der Waals surface area (Å²) in [6, 6.07) is 16.4. The molecule has 1 amide bonds. The monoisotopic (exact) mass is 480 g/mol. The van der Waals surface area contributed by atoms with Gasteiger partial charge in [0.2, 0.25) is 0 Å². The number of hydroxylamine groups is 1. The summed E-state index contributed by atoms with van der Waals surface area (Å²) in [5.74, 6) is -3.24. The molecule has 10 heteroatoms. The number of carbonyl (C=O) groups excluding carboxylic acids is 1. The molecule has 176 valence electrons. The lowest BCUT2D eigenvalue weighted by atomic mass is 10.1. The number of aliphatic carboxylic acids is 1. The molecule has 1 saturated heterocycles. The third-order valence-electron chi connectivity index (χ3n) is 5.19. The second kappa shape index (κ2) is 10.8. The smallest absolute Gasteiger partial charge is 0.475 e. The largest absolute Gasteiger partial charge is 0.490 e. The molecule has 3 N–H and O–H groups in total. The van der Waals surface area contributed by atoms with Gasteiger partial charge in [-0.25, -0.2) is 10.3 Å². The van der Waals surface area contributed by atoms with Gasteiger partial charge in [0.25, 0.3) is 5.91 Å². The number of thiophene rings is 1. The van der Waals surface area contributed by atoms with E-state index in [1.54, 1.807) is 22.9 Å². The van der Waals surface area contributed by atoms with E-state index in [-0.39, 0.29) is 0 Å². The number of rotatable bonds is 4. The van der Waals surface area contributed by atoms with Gasteiger partial charge in [-0.15, -0.1) is 11.3 Å². The first-order valence-electron chi connectivity index (χ1n) is 10.3. The van der Waals surface area contributed by atoms with Gasteiger partial charge in [-0.3, -0.25) is 14.9 Å². The first-order chi connectivity index (χ1) is 15.7. The summed E-state index contributed by atoms with van der Waals surface area (Å²) in [6.45, 7) is 3.41. The molecule has 0 unspecified atom stereocenters. The number of hydrogen-bond acceptors (Lipinski definition) is 5. The molecular formula is C23H23F3N2O4S. The lowest BCUT2D eigenvalue weighted by Gasteiger charge is -2.26. The predicted molar refractivity (Wildman–Crippen MR) is 119 cm³/mol. The van der Waals surface area contributed by atoms with Crippen LogP contribution in [0.15, 0.2) is 48.5 Å². The molecule has 0 aliphatic carbocycles. The minimum absolute atomic E-state index is 0.461. The number of fused-ring (bicyclic) bond motifs is 1. The highest BCUT2D eigenvalue weighted by atomic mass is 32.1. The van der Waals surface area contributed by atoms with E-state index in [1.807, 2.05) is 12.1 Å². The SMILES string of the molecule is O=C(NO)c1ccc2sc(-c3cccc(CN4CCCCC4)c3)cc2c1.O=C(O)C(F)(F)F. The van der Waals surface area contributed by atoms with E-state index in [9.17, 15) is 18.0 Å². The molecular weight excluding hydrogens is 457 g/mol. The molecule has 0 bridgehead atoms. The van der Waals surface area contributed by atoms with Crippen LogP contribution in [0.1, 0.15) is 35.2 Å². The Morgan fingerprint density at radius 3 is 2.36 bits per heavy atom. The van der Waals surface area contributed by atoms with Crippen LogP contribution in [-0.2, 0) is 11.3 Å². The minimum Gasteiger partial charge on any atom is -0.475 e. The summed E-state index contributed by atoms with van der Waals surface area (Å²) in [4.78, 5) is 24.2. The molecule has 3 aromatic rings. The standard InChI is InChI=1S/C21H22N2O2S.C2HF3O2/c24-21(22-25)17-7-8-19-18(12-17)13-20(26-19)16-6-4-5-15(11-16)14-23-9-2-1-3-10-23;3-2(4,5)1(6)7/h4-8,11-13,25H,1-3,9-10,14H2,(H,22,24);(H,6,7). The van der Waals surface area contributed by atoms with Crippen molar-refractivity contribution < 1.29 is 33.1 Å². The topological polar surface area (TPSA) is 89.9 Å². The van der Waals surface area contributed by atoms with Crippen molar-refractivity contribution in [1.29, 1.82) is 0 Å². The van der Waals surface area contributed by atoms with Crippen LogP contribution in [0, 0.1) is 0 Å². The van der Waals surface area contributed by atoms with Crippen LogP contribution in [0.5, 0.6) is 0 Å². The molecule has 2 heterocycles. The molecule has 0 radical (unpaired) electrons. The van der Waals surface area contributed by atoms with Crippen molar-refractivity contribution in [2.75, 3.05) is 13.1 Å². The zero-order valence-electron chi connectivity index (χ0n) is 17.6. The number of halogens is 3. The Kier molecular flexibility index (Phi) is 8.06.